The highest BCUT2D eigenvalue weighted by Gasteiger charge is 2.59. The quantitative estimate of drug-likeness (QED) is 0.484. The summed E-state index contributed by atoms with van der Waals surface area (Å²) in [7, 11) is 0. The van der Waals surface area contributed by atoms with Gasteiger partial charge >= 0.3 is 5.97 Å². The Bertz CT molecular complexity index is 785. The van der Waals surface area contributed by atoms with Gasteiger partial charge < -0.3 is 9.84 Å². The van der Waals surface area contributed by atoms with Crippen LogP contribution in [-0.4, -0.2) is 35.9 Å². The van der Waals surface area contributed by atoms with E-state index in [-0.39, 0.29) is 35.6 Å². The molecule has 6 atom stereocenters. The first-order valence-electron chi connectivity index (χ1n) is 12.8. The van der Waals surface area contributed by atoms with Crippen LogP contribution in [-0.2, 0) is 19.1 Å². The van der Waals surface area contributed by atoms with Crippen LogP contribution in [0.3, 0.4) is 0 Å². The van der Waals surface area contributed by atoms with E-state index in [0.717, 1.165) is 44.9 Å². The predicted octanol–water partition coefficient (Wildman–Crippen LogP) is 5.37. The first-order chi connectivity index (χ1) is 15.3. The maximum atomic E-state index is 13.1. The van der Waals surface area contributed by atoms with E-state index < -0.39 is 5.97 Å². The van der Waals surface area contributed by atoms with E-state index >= 15 is 0 Å². The zero-order chi connectivity index (χ0) is 22.9. The number of carbonyl (C=O) groups is 3. The molecule has 5 nitrogen and oxygen atoms in total. The first kappa shape index (κ1) is 23.7. The fourth-order valence-corrected chi connectivity index (χ4v) is 8.02. The minimum Gasteiger partial charge on any atom is -0.481 e. The van der Waals surface area contributed by atoms with Crippen molar-refractivity contribution in [1.29, 1.82) is 0 Å². The second kappa shape index (κ2) is 9.40. The molecular formula is C27H40O5. The Morgan fingerprint density at radius 2 is 1.84 bits per heavy atom. The molecule has 0 radical (unpaired) electrons. The van der Waals surface area contributed by atoms with Crippen molar-refractivity contribution >= 4 is 17.5 Å². The Kier molecular flexibility index (Phi) is 6.95. The standard InChI is InChI=1S/C27H40O5/c1-26-13-11-19(28)16-18(26)7-8-20-21-9-10-23(27(21,2)14-12-22(20)26)24(29)17-32-15-5-3-4-6-25(30)31/h16,20-23H,3-15,17H2,1-2H3,(H,30,31). The molecule has 0 saturated heterocycles. The van der Waals surface area contributed by atoms with Gasteiger partial charge in [0.2, 0.25) is 0 Å². The maximum Gasteiger partial charge on any atom is 0.303 e. The summed E-state index contributed by atoms with van der Waals surface area (Å²) in [6.45, 7) is 5.52. The van der Waals surface area contributed by atoms with Crippen LogP contribution >= 0.6 is 0 Å². The summed E-state index contributed by atoms with van der Waals surface area (Å²) >= 11 is 0. The fraction of sp³-hybridized carbons (Fsp3) is 0.815. The van der Waals surface area contributed by atoms with Crippen LogP contribution < -0.4 is 0 Å². The van der Waals surface area contributed by atoms with E-state index in [0.29, 0.717) is 43.0 Å². The Hall–Kier alpha value is -1.49. The van der Waals surface area contributed by atoms with Crippen LogP contribution in [0, 0.1) is 34.5 Å². The molecule has 32 heavy (non-hydrogen) atoms. The minimum atomic E-state index is -0.754. The second-order valence-corrected chi connectivity index (χ2v) is 11.4. The summed E-state index contributed by atoms with van der Waals surface area (Å²) in [5, 5.41) is 8.69. The lowest BCUT2D eigenvalue weighted by Crippen LogP contribution is -2.51. The molecule has 0 aliphatic heterocycles. The molecule has 6 unspecified atom stereocenters. The first-order valence-corrected chi connectivity index (χ1v) is 12.8. The molecule has 0 aromatic rings. The van der Waals surface area contributed by atoms with Gasteiger partial charge in [-0.25, -0.2) is 0 Å². The van der Waals surface area contributed by atoms with Gasteiger partial charge in [-0.2, -0.15) is 0 Å². The van der Waals surface area contributed by atoms with Crippen LogP contribution in [0.2, 0.25) is 0 Å². The van der Waals surface area contributed by atoms with Crippen LogP contribution in [0.25, 0.3) is 0 Å². The molecule has 3 fully saturated rings. The van der Waals surface area contributed by atoms with Crippen molar-refractivity contribution in [2.24, 2.45) is 34.5 Å². The SMILES string of the molecule is CC12CCC(=O)C=C1CCC1C2CCC2(C)C(C(=O)COCCCCCC(=O)O)CCC12. The van der Waals surface area contributed by atoms with Crippen molar-refractivity contribution in [3.05, 3.63) is 11.6 Å². The molecule has 0 bridgehead atoms. The summed E-state index contributed by atoms with van der Waals surface area (Å²) in [6.07, 6.45) is 12.8. The number of carboxylic acid groups (broad SMARTS) is 1. The zero-order valence-corrected chi connectivity index (χ0v) is 19.9. The molecule has 5 heteroatoms. The van der Waals surface area contributed by atoms with E-state index in [1.807, 2.05) is 6.08 Å². The Balaban J connectivity index is 1.33. The largest absolute Gasteiger partial charge is 0.481 e. The van der Waals surface area contributed by atoms with E-state index in [2.05, 4.69) is 13.8 Å². The highest BCUT2D eigenvalue weighted by atomic mass is 16.5. The number of carbonyl (C=O) groups excluding carboxylic acids is 2. The molecule has 4 aliphatic rings. The normalized spacial score (nSPS) is 38.4. The summed E-state index contributed by atoms with van der Waals surface area (Å²) in [5.74, 6) is 1.88. The summed E-state index contributed by atoms with van der Waals surface area (Å²) < 4.78 is 5.71. The number of rotatable bonds is 9. The molecule has 4 rings (SSSR count). The van der Waals surface area contributed by atoms with Gasteiger partial charge in [0.05, 0.1) is 0 Å². The highest BCUT2D eigenvalue weighted by molar-refractivity contribution is 5.91. The molecule has 3 saturated carbocycles. The van der Waals surface area contributed by atoms with Gasteiger partial charge in [-0.15, -0.1) is 0 Å². The number of fused-ring (bicyclic) bond motifs is 5. The van der Waals surface area contributed by atoms with Gasteiger partial charge in [0.25, 0.3) is 0 Å². The zero-order valence-electron chi connectivity index (χ0n) is 19.9. The molecule has 0 spiro atoms. The molecule has 178 valence electrons. The molecule has 0 aromatic heterocycles. The average molecular weight is 445 g/mol. The van der Waals surface area contributed by atoms with Gasteiger partial charge in [-0.05, 0) is 92.4 Å². The van der Waals surface area contributed by atoms with Crippen molar-refractivity contribution in [3.8, 4) is 0 Å². The average Bonchev–Trinajstić information content (AvgIpc) is 3.10. The number of aliphatic carboxylic acids is 1. The smallest absolute Gasteiger partial charge is 0.303 e. The molecule has 0 heterocycles. The summed E-state index contributed by atoms with van der Waals surface area (Å²) in [4.78, 5) is 35.7. The number of ketones is 2. The molecule has 4 aliphatic carbocycles. The summed E-state index contributed by atoms with van der Waals surface area (Å²) in [5.41, 5.74) is 1.68. The third-order valence-electron chi connectivity index (χ3n) is 9.77. The molecule has 1 N–H and O–H groups in total. The van der Waals surface area contributed by atoms with Crippen molar-refractivity contribution in [1.82, 2.24) is 0 Å². The van der Waals surface area contributed by atoms with Crippen LogP contribution in [0.4, 0.5) is 0 Å². The van der Waals surface area contributed by atoms with E-state index in [1.165, 1.54) is 18.4 Å². The minimum absolute atomic E-state index is 0.0885. The maximum absolute atomic E-state index is 13.1. The number of hydrogen-bond donors (Lipinski definition) is 1. The van der Waals surface area contributed by atoms with Crippen LogP contribution in [0.15, 0.2) is 11.6 Å². The lowest BCUT2D eigenvalue weighted by molar-refractivity contribution is -0.137. The van der Waals surface area contributed by atoms with E-state index in [1.54, 1.807) is 0 Å². The number of allylic oxidation sites excluding steroid dienone is 1. The van der Waals surface area contributed by atoms with Gasteiger partial charge in [-0.3, -0.25) is 14.4 Å². The third kappa shape index (κ3) is 4.34. The number of hydrogen-bond acceptors (Lipinski definition) is 4. The van der Waals surface area contributed by atoms with Gasteiger partial charge in [0.15, 0.2) is 11.6 Å². The van der Waals surface area contributed by atoms with E-state index in [4.69, 9.17) is 9.84 Å². The molecule has 0 aromatic carbocycles. The van der Waals surface area contributed by atoms with Gasteiger partial charge in [-0.1, -0.05) is 25.8 Å². The van der Waals surface area contributed by atoms with Crippen LogP contribution in [0.5, 0.6) is 0 Å². The second-order valence-electron chi connectivity index (χ2n) is 11.4. The Labute approximate surface area is 192 Å². The van der Waals surface area contributed by atoms with Crippen LogP contribution in [0.1, 0.15) is 90.9 Å². The third-order valence-corrected chi connectivity index (χ3v) is 9.77. The predicted molar refractivity (Wildman–Crippen MR) is 122 cm³/mol. The van der Waals surface area contributed by atoms with Gasteiger partial charge in [0.1, 0.15) is 6.61 Å². The topological polar surface area (TPSA) is 80.7 Å². The monoisotopic (exact) mass is 444 g/mol. The number of ether oxygens (including phenoxy) is 1. The number of carboxylic acids is 1. The number of Topliss-reactive ketones (excluding diaryl/α,β-unsaturated/α-hetero) is 1. The number of unbranched alkanes of at least 4 members (excludes halogenated alkanes) is 2. The van der Waals surface area contributed by atoms with Crippen molar-refractivity contribution in [2.75, 3.05) is 13.2 Å². The lowest BCUT2D eigenvalue weighted by Gasteiger charge is -2.58. The molecular weight excluding hydrogens is 404 g/mol. The van der Waals surface area contributed by atoms with Crippen molar-refractivity contribution in [2.45, 2.75) is 90.9 Å². The highest BCUT2D eigenvalue weighted by Crippen LogP contribution is 2.66. The van der Waals surface area contributed by atoms with Gasteiger partial charge in [0, 0.05) is 25.4 Å². The lowest BCUT2D eigenvalue weighted by atomic mass is 9.46. The van der Waals surface area contributed by atoms with Crippen molar-refractivity contribution in [3.63, 3.8) is 0 Å². The Morgan fingerprint density at radius 3 is 2.62 bits per heavy atom. The van der Waals surface area contributed by atoms with E-state index in [9.17, 15) is 14.4 Å². The summed E-state index contributed by atoms with van der Waals surface area (Å²) in [6, 6.07) is 0. The van der Waals surface area contributed by atoms with Crippen molar-refractivity contribution < 1.29 is 24.2 Å². The molecule has 0 amide bonds. The fourth-order valence-electron chi connectivity index (χ4n) is 8.02. The Morgan fingerprint density at radius 1 is 1.03 bits per heavy atom.